The van der Waals surface area contributed by atoms with Gasteiger partial charge >= 0.3 is 0 Å². The van der Waals surface area contributed by atoms with Gasteiger partial charge < -0.3 is 8.92 Å². The molecule has 1 fully saturated rings. The number of carbonyl (C=O) groups is 2. The van der Waals surface area contributed by atoms with Gasteiger partial charge in [0.1, 0.15) is 11.5 Å². The minimum Gasteiger partial charge on any atom is -0.497 e. The van der Waals surface area contributed by atoms with E-state index in [0.717, 1.165) is 5.56 Å². The van der Waals surface area contributed by atoms with E-state index in [-0.39, 0.29) is 18.2 Å². The maximum Gasteiger partial charge on any atom is 0.238 e. The molecule has 1 N–H and O–H groups in total. The molecule has 3 rings (SSSR count). The molecule has 5 nitrogen and oxygen atoms in total. The zero-order valence-electron chi connectivity index (χ0n) is 9.69. The summed E-state index contributed by atoms with van der Waals surface area (Å²) in [5.74, 6) is 1.21. The first kappa shape index (κ1) is 11.4. The molecule has 18 heavy (non-hydrogen) atoms. The molecule has 1 spiro atoms. The molecule has 94 valence electrons. The summed E-state index contributed by atoms with van der Waals surface area (Å²) >= 11 is 1.20. The van der Waals surface area contributed by atoms with E-state index in [4.69, 9.17) is 8.92 Å². The minimum absolute atomic E-state index is 0.169. The minimum atomic E-state index is -0.816. The lowest BCUT2D eigenvalue weighted by Crippen LogP contribution is -2.40. The summed E-state index contributed by atoms with van der Waals surface area (Å²) < 4.78 is 10.6. The lowest BCUT2D eigenvalue weighted by molar-refractivity contribution is -0.126. The van der Waals surface area contributed by atoms with Crippen LogP contribution < -0.4 is 14.2 Å². The van der Waals surface area contributed by atoms with E-state index in [1.165, 1.54) is 12.0 Å². The van der Waals surface area contributed by atoms with Gasteiger partial charge in [-0.2, -0.15) is 0 Å². The zero-order chi connectivity index (χ0) is 12.8. The lowest BCUT2D eigenvalue weighted by atomic mass is 9.80. The van der Waals surface area contributed by atoms with Crippen LogP contribution >= 0.6 is 12.0 Å². The first-order valence-electron chi connectivity index (χ1n) is 5.48. The van der Waals surface area contributed by atoms with Crippen molar-refractivity contribution in [2.45, 2.75) is 11.8 Å². The van der Waals surface area contributed by atoms with E-state index in [0.29, 0.717) is 17.3 Å². The maximum absolute atomic E-state index is 12.1. The molecule has 1 unspecified atom stereocenters. The topological polar surface area (TPSA) is 64.6 Å². The molecule has 2 amide bonds. The van der Waals surface area contributed by atoms with E-state index >= 15 is 0 Å². The maximum atomic E-state index is 12.1. The van der Waals surface area contributed by atoms with E-state index in [1.54, 1.807) is 25.3 Å². The number of imide groups is 1. The van der Waals surface area contributed by atoms with Crippen molar-refractivity contribution in [3.8, 4) is 11.5 Å². The van der Waals surface area contributed by atoms with Gasteiger partial charge in [0.15, 0.2) is 0 Å². The van der Waals surface area contributed by atoms with Crippen LogP contribution in [0.25, 0.3) is 0 Å². The van der Waals surface area contributed by atoms with E-state index < -0.39 is 5.41 Å². The number of hydrogen-bond donors (Lipinski definition) is 1. The fraction of sp³-hybridized carbons (Fsp3) is 0.333. The standard InChI is InChI=1S/C12H11NO4S/c1-16-7-2-3-9-8(4-7)12(6-18-17-9)5-10(14)13-11(12)15/h2-4H,5-6H2,1H3,(H,13,14,15). The number of methoxy groups -OCH3 is 1. The Kier molecular flexibility index (Phi) is 2.48. The van der Waals surface area contributed by atoms with Crippen LogP contribution in [0, 0.1) is 0 Å². The molecule has 2 heterocycles. The van der Waals surface area contributed by atoms with Crippen molar-refractivity contribution >= 4 is 23.9 Å². The van der Waals surface area contributed by atoms with Crippen LogP contribution in [0.1, 0.15) is 12.0 Å². The molecule has 6 heteroatoms. The highest BCUT2D eigenvalue weighted by Crippen LogP contribution is 2.46. The number of rotatable bonds is 1. The normalized spacial score (nSPS) is 25.6. The van der Waals surface area contributed by atoms with Crippen LogP contribution in [0.15, 0.2) is 18.2 Å². The fourth-order valence-corrected chi connectivity index (χ4v) is 3.25. The van der Waals surface area contributed by atoms with E-state index in [2.05, 4.69) is 5.32 Å². The smallest absolute Gasteiger partial charge is 0.238 e. The highest BCUT2D eigenvalue weighted by molar-refractivity contribution is 7.95. The van der Waals surface area contributed by atoms with E-state index in [9.17, 15) is 9.59 Å². The summed E-state index contributed by atoms with van der Waals surface area (Å²) in [6, 6.07) is 5.30. The SMILES string of the molecule is COc1ccc2c(c1)C1(CSO2)CC(=O)NC1=O. The average Bonchev–Trinajstić information content (AvgIpc) is 2.65. The average molecular weight is 265 g/mol. The number of fused-ring (bicyclic) bond motifs is 2. The Bertz CT molecular complexity index is 545. The third kappa shape index (κ3) is 1.49. The number of ether oxygens (including phenoxy) is 1. The second-order valence-corrected chi connectivity index (χ2v) is 5.03. The third-order valence-electron chi connectivity index (χ3n) is 3.31. The summed E-state index contributed by atoms with van der Waals surface area (Å²) in [6.45, 7) is 0. The van der Waals surface area contributed by atoms with Gasteiger partial charge in [-0.25, -0.2) is 0 Å². The molecule has 1 saturated heterocycles. The Morgan fingerprint density at radius 2 is 2.28 bits per heavy atom. The van der Waals surface area contributed by atoms with Crippen molar-refractivity contribution in [1.29, 1.82) is 0 Å². The monoisotopic (exact) mass is 265 g/mol. The zero-order valence-corrected chi connectivity index (χ0v) is 10.5. The van der Waals surface area contributed by atoms with E-state index in [1.807, 2.05) is 0 Å². The summed E-state index contributed by atoms with van der Waals surface area (Å²) in [6.07, 6.45) is 0.169. The first-order chi connectivity index (χ1) is 8.65. The number of nitrogens with one attached hydrogen (secondary N) is 1. The van der Waals surface area contributed by atoms with Gasteiger partial charge in [0.25, 0.3) is 0 Å². The van der Waals surface area contributed by atoms with Crippen molar-refractivity contribution in [3.05, 3.63) is 23.8 Å². The van der Waals surface area contributed by atoms with Crippen LogP contribution in [0.4, 0.5) is 0 Å². The molecule has 0 aliphatic carbocycles. The second kappa shape index (κ2) is 3.91. The van der Waals surface area contributed by atoms with Crippen LogP contribution in [0.2, 0.25) is 0 Å². The molecule has 0 aromatic heterocycles. The van der Waals surface area contributed by atoms with Gasteiger partial charge in [-0.3, -0.25) is 14.9 Å². The fourth-order valence-electron chi connectivity index (χ4n) is 2.33. The quantitative estimate of drug-likeness (QED) is 0.606. The van der Waals surface area contributed by atoms with Gasteiger partial charge in [0.2, 0.25) is 11.8 Å². The van der Waals surface area contributed by atoms with Gasteiger partial charge in [-0.05, 0) is 18.2 Å². The van der Waals surface area contributed by atoms with Crippen LogP contribution in [-0.4, -0.2) is 24.7 Å². The van der Waals surface area contributed by atoms with Gasteiger partial charge in [0.05, 0.1) is 30.3 Å². The Labute approximate surface area is 108 Å². The predicted octanol–water partition coefficient (Wildman–Crippen LogP) is 1.02. The van der Waals surface area contributed by atoms with Crippen molar-refractivity contribution in [3.63, 3.8) is 0 Å². The van der Waals surface area contributed by atoms with Crippen LogP contribution in [0.3, 0.4) is 0 Å². The van der Waals surface area contributed by atoms with Gasteiger partial charge in [-0.15, -0.1) is 0 Å². The Morgan fingerprint density at radius 3 is 2.94 bits per heavy atom. The van der Waals surface area contributed by atoms with Crippen molar-refractivity contribution < 1.29 is 18.5 Å². The third-order valence-corrected chi connectivity index (χ3v) is 4.21. The van der Waals surface area contributed by atoms with Crippen molar-refractivity contribution in [2.75, 3.05) is 12.9 Å². The number of hydrogen-bond acceptors (Lipinski definition) is 5. The molecule has 1 aromatic rings. The number of amides is 2. The largest absolute Gasteiger partial charge is 0.497 e. The number of benzene rings is 1. The van der Waals surface area contributed by atoms with Crippen molar-refractivity contribution in [1.82, 2.24) is 5.32 Å². The Balaban J connectivity index is 2.16. The molecule has 0 saturated carbocycles. The molecular weight excluding hydrogens is 254 g/mol. The molecule has 0 bridgehead atoms. The molecule has 2 aliphatic rings. The molecule has 1 aromatic carbocycles. The Hall–Kier alpha value is -1.69. The van der Waals surface area contributed by atoms with Gasteiger partial charge in [0, 0.05) is 12.0 Å². The summed E-state index contributed by atoms with van der Waals surface area (Å²) in [5, 5.41) is 2.37. The molecule has 2 aliphatic heterocycles. The first-order valence-corrected chi connectivity index (χ1v) is 6.39. The summed E-state index contributed by atoms with van der Waals surface area (Å²) in [4.78, 5) is 23.6. The van der Waals surface area contributed by atoms with Crippen LogP contribution in [0.5, 0.6) is 11.5 Å². The van der Waals surface area contributed by atoms with Crippen molar-refractivity contribution in [2.24, 2.45) is 0 Å². The molecular formula is C12H11NO4S. The highest BCUT2D eigenvalue weighted by atomic mass is 32.2. The summed E-state index contributed by atoms with van der Waals surface area (Å²) in [5.41, 5.74) is -0.0897. The van der Waals surface area contributed by atoms with Crippen LogP contribution in [-0.2, 0) is 15.0 Å². The van der Waals surface area contributed by atoms with Gasteiger partial charge in [-0.1, -0.05) is 0 Å². The molecule has 1 atom stereocenters. The lowest BCUT2D eigenvalue weighted by Gasteiger charge is -2.31. The second-order valence-electron chi connectivity index (χ2n) is 4.34. The Morgan fingerprint density at radius 1 is 1.44 bits per heavy atom. The number of carbonyl (C=O) groups excluding carboxylic acids is 2. The summed E-state index contributed by atoms with van der Waals surface area (Å²) in [7, 11) is 1.56. The highest BCUT2D eigenvalue weighted by Gasteiger charge is 2.51. The predicted molar refractivity (Wildman–Crippen MR) is 65.5 cm³/mol. The molecule has 0 radical (unpaired) electrons.